The number of ketones is 1. The number of pyridine rings is 1. The van der Waals surface area contributed by atoms with Gasteiger partial charge in [-0.3, -0.25) is 9.88 Å². The van der Waals surface area contributed by atoms with E-state index in [-0.39, 0.29) is 40.2 Å². The summed E-state index contributed by atoms with van der Waals surface area (Å²) < 4.78 is 48.4. The average molecular weight is 624 g/mol. The molecular weight excluding hydrogens is 583 g/mol. The molecule has 2 aliphatic heterocycles. The molecule has 3 unspecified atom stereocenters. The number of carbonyl (C=O) groups excluding carboxylic acids is 1. The second-order valence-electron chi connectivity index (χ2n) is 12.1. The minimum Gasteiger partial charge on any atom is -0.508 e. The summed E-state index contributed by atoms with van der Waals surface area (Å²) in [7, 11) is 1.39. The monoisotopic (exact) mass is 623 g/mol. The highest BCUT2D eigenvalue weighted by Crippen LogP contribution is 2.38. The van der Waals surface area contributed by atoms with Gasteiger partial charge in [0.25, 0.3) is 0 Å². The van der Waals surface area contributed by atoms with E-state index in [0.29, 0.717) is 65.9 Å². The van der Waals surface area contributed by atoms with Crippen molar-refractivity contribution in [2.45, 2.75) is 71.5 Å². The number of aromatic hydroxyl groups is 1. The summed E-state index contributed by atoms with van der Waals surface area (Å²) in [5.74, 6) is -0.588. The maximum atomic E-state index is 16.0. The summed E-state index contributed by atoms with van der Waals surface area (Å²) in [6.07, 6.45) is 5.83. The lowest BCUT2D eigenvalue weighted by Crippen LogP contribution is -2.22. The van der Waals surface area contributed by atoms with Gasteiger partial charge in [-0.1, -0.05) is 19.9 Å². The lowest BCUT2D eigenvalue weighted by Gasteiger charge is -2.16. The lowest BCUT2D eigenvalue weighted by molar-refractivity contribution is -0.117. The normalized spacial score (nSPS) is 18.5. The van der Waals surface area contributed by atoms with Gasteiger partial charge < -0.3 is 20.0 Å². The number of halogens is 3. The summed E-state index contributed by atoms with van der Waals surface area (Å²) in [5, 5.41) is 14.9. The van der Waals surface area contributed by atoms with E-state index in [9.17, 15) is 18.7 Å². The predicted octanol–water partition coefficient (Wildman–Crippen LogP) is 7.01. The molecule has 3 atom stereocenters. The molecule has 2 aliphatic rings. The van der Waals surface area contributed by atoms with Gasteiger partial charge in [-0.2, -0.15) is 9.97 Å². The van der Waals surface area contributed by atoms with Crippen LogP contribution in [-0.2, 0) is 11.2 Å². The van der Waals surface area contributed by atoms with Gasteiger partial charge in [0.05, 0.1) is 12.5 Å². The van der Waals surface area contributed by atoms with Crippen LogP contribution in [0.25, 0.3) is 32.9 Å². The van der Waals surface area contributed by atoms with Crippen molar-refractivity contribution >= 4 is 33.3 Å². The van der Waals surface area contributed by atoms with E-state index in [1.165, 1.54) is 44.3 Å². The van der Waals surface area contributed by atoms with Crippen LogP contribution in [0, 0.1) is 17.6 Å². The number of methoxy groups -OCH3 is 1. The quantitative estimate of drug-likeness (QED) is 0.205. The van der Waals surface area contributed by atoms with Crippen LogP contribution in [0.15, 0.2) is 30.5 Å². The first kappa shape index (κ1) is 32.4. The van der Waals surface area contributed by atoms with Gasteiger partial charge in [0.15, 0.2) is 5.82 Å². The van der Waals surface area contributed by atoms with Crippen molar-refractivity contribution in [3.05, 3.63) is 47.7 Å². The maximum Gasteiger partial charge on any atom is 0.318 e. The standard InChI is InChI=1S/C27H28F2N4O3.C7H12FN/c1-5-18-21(28)9-8-16-10-17(35)11-19(22(16)18)24-23(29)25-20(13-30-24)26(33-27(32-25)36-4)31-12-14(2)6-7-15(3)34;8-6-4-7-2-1-3-9(7)5-6/h8-11,13-14,35H,5-7,12H2,1-4H3,(H,31,32,33);6-7H,1-5H2. The number of hydrogen-bond acceptors (Lipinski definition) is 8. The number of benzene rings is 2. The number of phenols is 1. The molecule has 11 heteroatoms. The molecular formula is C34H40F3N5O3. The van der Waals surface area contributed by atoms with Crippen molar-refractivity contribution < 1.29 is 27.8 Å². The highest BCUT2D eigenvalue weighted by molar-refractivity contribution is 6.01. The molecule has 2 aromatic carbocycles. The SMILES string of the molecule is CCc1c(F)ccc2cc(O)cc(-c3ncc4c(NCC(C)CCC(C)=O)nc(OC)nc4c3F)c12.FC1CC2CCCN2C1. The molecule has 4 heterocycles. The number of Topliss-reactive ketones (excluding diaryl/α,β-unsaturated/α-hetero) is 1. The largest absolute Gasteiger partial charge is 0.508 e. The van der Waals surface area contributed by atoms with Crippen molar-refractivity contribution in [1.82, 2.24) is 19.9 Å². The zero-order chi connectivity index (χ0) is 32.2. The molecule has 2 saturated heterocycles. The Labute approximate surface area is 261 Å². The first-order valence-electron chi connectivity index (χ1n) is 15.6. The first-order valence-corrected chi connectivity index (χ1v) is 15.6. The topological polar surface area (TPSA) is 100 Å². The lowest BCUT2D eigenvalue weighted by atomic mass is 9.94. The number of nitrogens with zero attached hydrogens (tertiary/aromatic N) is 4. The van der Waals surface area contributed by atoms with Crippen LogP contribution in [0.2, 0.25) is 0 Å². The molecule has 2 aromatic heterocycles. The van der Waals surface area contributed by atoms with Crippen LogP contribution < -0.4 is 10.1 Å². The highest BCUT2D eigenvalue weighted by atomic mass is 19.1. The fourth-order valence-electron chi connectivity index (χ4n) is 6.33. The summed E-state index contributed by atoms with van der Waals surface area (Å²) in [5.41, 5.74) is 0.596. The Balaban J connectivity index is 0.000000377. The van der Waals surface area contributed by atoms with Crippen LogP contribution in [0.4, 0.5) is 19.0 Å². The molecule has 2 N–H and O–H groups in total. The summed E-state index contributed by atoms with van der Waals surface area (Å²) in [6, 6.07) is 6.36. The molecule has 8 nitrogen and oxygen atoms in total. The molecule has 2 fully saturated rings. The van der Waals surface area contributed by atoms with E-state index >= 15 is 4.39 Å². The van der Waals surface area contributed by atoms with Crippen molar-refractivity contribution in [2.75, 3.05) is 32.1 Å². The maximum absolute atomic E-state index is 16.0. The molecule has 6 rings (SSSR count). The second-order valence-corrected chi connectivity index (χ2v) is 12.1. The number of fused-ring (bicyclic) bond motifs is 3. The Morgan fingerprint density at radius 2 is 2.04 bits per heavy atom. The number of hydrogen-bond donors (Lipinski definition) is 2. The number of carbonyl (C=O) groups is 1. The minimum atomic E-state index is -0.737. The van der Waals surface area contributed by atoms with Crippen LogP contribution in [0.5, 0.6) is 11.8 Å². The molecule has 0 radical (unpaired) electrons. The van der Waals surface area contributed by atoms with Gasteiger partial charge >= 0.3 is 6.01 Å². The predicted molar refractivity (Wildman–Crippen MR) is 169 cm³/mol. The van der Waals surface area contributed by atoms with Crippen molar-refractivity contribution in [3.63, 3.8) is 0 Å². The molecule has 4 aromatic rings. The zero-order valence-electron chi connectivity index (χ0n) is 26.2. The Bertz CT molecular complexity index is 1690. The van der Waals surface area contributed by atoms with Gasteiger partial charge in [-0.25, -0.2) is 13.2 Å². The molecule has 240 valence electrons. The second kappa shape index (κ2) is 14.0. The number of aryl methyl sites for hydroxylation is 1. The Kier molecular flexibility index (Phi) is 10.1. The van der Waals surface area contributed by atoms with E-state index in [1.54, 1.807) is 13.0 Å². The van der Waals surface area contributed by atoms with Gasteiger partial charge in [0.1, 0.15) is 40.6 Å². The van der Waals surface area contributed by atoms with Gasteiger partial charge in [0, 0.05) is 37.3 Å². The number of rotatable bonds is 9. The zero-order valence-corrected chi connectivity index (χ0v) is 26.2. The third kappa shape index (κ3) is 7.13. The van der Waals surface area contributed by atoms with E-state index in [0.717, 1.165) is 13.0 Å². The fourth-order valence-corrected chi connectivity index (χ4v) is 6.33. The highest BCUT2D eigenvalue weighted by Gasteiger charge is 2.34. The Hall–Kier alpha value is -3.99. The average Bonchev–Trinajstić information content (AvgIpc) is 3.60. The number of aromatic nitrogens is 3. The molecule has 0 spiro atoms. The number of anilines is 1. The number of nitrogens with one attached hydrogen (secondary N) is 1. The molecule has 0 amide bonds. The van der Waals surface area contributed by atoms with Crippen LogP contribution in [0.1, 0.15) is 58.4 Å². The van der Waals surface area contributed by atoms with Crippen molar-refractivity contribution in [3.8, 4) is 23.0 Å². The molecule has 0 saturated carbocycles. The fraction of sp³-hybridized carbons (Fsp3) is 0.471. The smallest absolute Gasteiger partial charge is 0.318 e. The number of alkyl halides is 1. The van der Waals surface area contributed by atoms with Crippen molar-refractivity contribution in [1.29, 1.82) is 0 Å². The third-order valence-electron chi connectivity index (χ3n) is 8.67. The number of ether oxygens (including phenoxy) is 1. The Morgan fingerprint density at radius 3 is 2.76 bits per heavy atom. The summed E-state index contributed by atoms with van der Waals surface area (Å²) in [4.78, 5) is 26.5. The molecule has 0 aliphatic carbocycles. The summed E-state index contributed by atoms with van der Waals surface area (Å²) >= 11 is 0. The van der Waals surface area contributed by atoms with Gasteiger partial charge in [-0.05, 0) is 86.0 Å². The molecule has 45 heavy (non-hydrogen) atoms. The van der Waals surface area contributed by atoms with Crippen molar-refractivity contribution in [2.24, 2.45) is 5.92 Å². The van der Waals surface area contributed by atoms with Crippen LogP contribution in [-0.4, -0.2) is 69.7 Å². The summed E-state index contributed by atoms with van der Waals surface area (Å²) in [6.45, 7) is 7.73. The number of phenolic OH excluding ortho intramolecular Hbond substituents is 1. The van der Waals surface area contributed by atoms with Gasteiger partial charge in [0.2, 0.25) is 0 Å². The van der Waals surface area contributed by atoms with Gasteiger partial charge in [-0.15, -0.1) is 0 Å². The van der Waals surface area contributed by atoms with E-state index < -0.39 is 17.8 Å². The van der Waals surface area contributed by atoms with Crippen LogP contribution >= 0.6 is 0 Å². The first-order chi connectivity index (χ1) is 21.6. The minimum absolute atomic E-state index is 0.0170. The third-order valence-corrected chi connectivity index (χ3v) is 8.67. The Morgan fingerprint density at radius 1 is 1.24 bits per heavy atom. The molecule has 0 bridgehead atoms. The van der Waals surface area contributed by atoms with E-state index in [2.05, 4.69) is 25.2 Å². The van der Waals surface area contributed by atoms with Crippen LogP contribution in [0.3, 0.4) is 0 Å². The van der Waals surface area contributed by atoms with E-state index in [4.69, 9.17) is 4.74 Å². The van der Waals surface area contributed by atoms with E-state index in [1.807, 2.05) is 13.8 Å².